The molecule has 6 heteroatoms. The fraction of sp³-hybridized carbons (Fsp3) is 0.474. The average molecular weight is 365 g/mol. The summed E-state index contributed by atoms with van der Waals surface area (Å²) in [7, 11) is 0. The predicted molar refractivity (Wildman–Crippen MR) is 94.7 cm³/mol. The van der Waals surface area contributed by atoms with Crippen LogP contribution in [0.4, 0.5) is 4.39 Å². The van der Waals surface area contributed by atoms with E-state index in [2.05, 4.69) is 6.58 Å². The van der Waals surface area contributed by atoms with Crippen molar-refractivity contribution < 1.29 is 14.0 Å². The summed E-state index contributed by atoms with van der Waals surface area (Å²) in [6.45, 7) is 5.37. The number of rotatable bonds is 4. The number of benzene rings is 1. The number of hydrogen-bond acceptors (Lipinski definition) is 2. The first kappa shape index (κ1) is 17.9. The Morgan fingerprint density at radius 3 is 2.52 bits per heavy atom. The molecule has 0 aromatic heterocycles. The molecule has 3 rings (SSSR count). The van der Waals surface area contributed by atoms with Crippen molar-refractivity contribution in [1.29, 1.82) is 0 Å². The van der Waals surface area contributed by atoms with E-state index in [1.54, 1.807) is 17.0 Å². The summed E-state index contributed by atoms with van der Waals surface area (Å²) in [5.41, 5.74) is 0.565. The number of nitrogens with zero attached hydrogens (tertiary/aromatic N) is 2. The second kappa shape index (κ2) is 7.56. The molecular weight excluding hydrogens is 343 g/mol. The molecule has 25 heavy (non-hydrogen) atoms. The van der Waals surface area contributed by atoms with Gasteiger partial charge in [-0.1, -0.05) is 24.2 Å². The largest absolute Gasteiger partial charge is 0.341 e. The van der Waals surface area contributed by atoms with Gasteiger partial charge in [0.2, 0.25) is 11.8 Å². The molecule has 2 aliphatic rings. The number of halogens is 2. The van der Waals surface area contributed by atoms with Crippen LogP contribution < -0.4 is 0 Å². The third-order valence-corrected chi connectivity index (χ3v) is 5.60. The molecule has 2 aliphatic heterocycles. The molecule has 2 saturated heterocycles. The van der Waals surface area contributed by atoms with E-state index in [1.165, 1.54) is 12.1 Å². The number of carbonyl (C=O) groups is 2. The topological polar surface area (TPSA) is 40.6 Å². The Morgan fingerprint density at radius 1 is 1.24 bits per heavy atom. The van der Waals surface area contributed by atoms with Gasteiger partial charge in [0.15, 0.2) is 0 Å². The molecule has 0 unspecified atom stereocenters. The third kappa shape index (κ3) is 3.71. The number of carbonyl (C=O) groups excluding carboxylic acids is 2. The highest BCUT2D eigenvalue weighted by atomic mass is 35.5. The second-order valence-corrected chi connectivity index (χ2v) is 7.12. The number of piperidine rings is 1. The van der Waals surface area contributed by atoms with Crippen molar-refractivity contribution in [3.63, 3.8) is 0 Å². The SMILES string of the molecule is C=CC(=O)N1CC[C@H]1C(=O)N1CCC(Cc2c(F)cccc2Cl)CC1. The molecule has 4 nitrogen and oxygen atoms in total. The van der Waals surface area contributed by atoms with E-state index < -0.39 is 0 Å². The maximum absolute atomic E-state index is 13.9. The minimum absolute atomic E-state index is 0.0174. The normalized spacial score (nSPS) is 21.0. The summed E-state index contributed by atoms with van der Waals surface area (Å²) in [5, 5.41) is 0.464. The van der Waals surface area contributed by atoms with Crippen LogP contribution in [0.2, 0.25) is 5.02 Å². The van der Waals surface area contributed by atoms with E-state index in [9.17, 15) is 14.0 Å². The lowest BCUT2D eigenvalue weighted by atomic mass is 9.89. The van der Waals surface area contributed by atoms with Gasteiger partial charge in [0.1, 0.15) is 11.9 Å². The van der Waals surface area contributed by atoms with Crippen molar-refractivity contribution in [1.82, 2.24) is 9.80 Å². The molecule has 2 fully saturated rings. The maximum Gasteiger partial charge on any atom is 0.246 e. The van der Waals surface area contributed by atoms with Crippen molar-refractivity contribution >= 4 is 23.4 Å². The van der Waals surface area contributed by atoms with Gasteiger partial charge in [0, 0.05) is 30.2 Å². The Balaban J connectivity index is 1.54. The van der Waals surface area contributed by atoms with Gasteiger partial charge in [-0.2, -0.15) is 0 Å². The summed E-state index contributed by atoms with van der Waals surface area (Å²) in [5.74, 6) is -0.123. The first-order valence-corrected chi connectivity index (χ1v) is 9.03. The molecule has 1 atom stereocenters. The first-order chi connectivity index (χ1) is 12.0. The lowest BCUT2D eigenvalue weighted by Gasteiger charge is -2.43. The molecule has 1 aromatic rings. The zero-order chi connectivity index (χ0) is 18.0. The molecular formula is C19H22ClFN2O2. The van der Waals surface area contributed by atoms with Crippen molar-refractivity contribution in [3.05, 3.63) is 47.3 Å². The van der Waals surface area contributed by atoms with Gasteiger partial charge in [-0.3, -0.25) is 9.59 Å². The molecule has 0 bridgehead atoms. The van der Waals surface area contributed by atoms with Crippen LogP contribution in [-0.4, -0.2) is 47.3 Å². The number of likely N-dealkylation sites (tertiary alicyclic amines) is 2. The van der Waals surface area contributed by atoms with Crippen LogP contribution >= 0.6 is 11.6 Å². The molecule has 0 saturated carbocycles. The summed E-state index contributed by atoms with van der Waals surface area (Å²) in [6.07, 6.45) is 4.20. The van der Waals surface area contributed by atoms with E-state index in [0.29, 0.717) is 49.0 Å². The summed E-state index contributed by atoms with van der Waals surface area (Å²) in [4.78, 5) is 27.7. The van der Waals surface area contributed by atoms with Crippen LogP contribution in [0.5, 0.6) is 0 Å². The second-order valence-electron chi connectivity index (χ2n) is 6.71. The molecule has 0 N–H and O–H groups in total. The lowest BCUT2D eigenvalue weighted by molar-refractivity contribution is -0.151. The zero-order valence-electron chi connectivity index (χ0n) is 14.1. The number of amides is 2. The number of hydrogen-bond donors (Lipinski definition) is 0. The van der Waals surface area contributed by atoms with Crippen LogP contribution in [0.15, 0.2) is 30.9 Å². The highest BCUT2D eigenvalue weighted by Crippen LogP contribution is 2.29. The average Bonchev–Trinajstić information content (AvgIpc) is 2.57. The van der Waals surface area contributed by atoms with E-state index in [-0.39, 0.29) is 23.7 Å². The Morgan fingerprint density at radius 2 is 1.96 bits per heavy atom. The first-order valence-electron chi connectivity index (χ1n) is 8.66. The summed E-state index contributed by atoms with van der Waals surface area (Å²) < 4.78 is 13.9. The summed E-state index contributed by atoms with van der Waals surface area (Å²) >= 11 is 6.11. The minimum Gasteiger partial charge on any atom is -0.341 e. The summed E-state index contributed by atoms with van der Waals surface area (Å²) in [6, 6.07) is 4.41. The Kier molecular flexibility index (Phi) is 5.42. The quantitative estimate of drug-likeness (QED) is 0.770. The van der Waals surface area contributed by atoms with Crippen LogP contribution in [0.1, 0.15) is 24.8 Å². The van der Waals surface area contributed by atoms with Crippen molar-refractivity contribution in [2.24, 2.45) is 5.92 Å². The molecule has 0 radical (unpaired) electrons. The molecule has 0 aliphatic carbocycles. The van der Waals surface area contributed by atoms with Crippen LogP contribution in [0.25, 0.3) is 0 Å². The van der Waals surface area contributed by atoms with Gasteiger partial charge in [0.25, 0.3) is 0 Å². The van der Waals surface area contributed by atoms with E-state index in [1.807, 2.05) is 4.90 Å². The van der Waals surface area contributed by atoms with E-state index in [4.69, 9.17) is 11.6 Å². The Bertz CT molecular complexity index is 666. The van der Waals surface area contributed by atoms with Gasteiger partial charge >= 0.3 is 0 Å². The fourth-order valence-corrected chi connectivity index (χ4v) is 3.85. The van der Waals surface area contributed by atoms with Gasteiger partial charge in [0.05, 0.1) is 0 Å². The highest BCUT2D eigenvalue weighted by Gasteiger charge is 2.39. The van der Waals surface area contributed by atoms with Crippen LogP contribution in [0, 0.1) is 11.7 Å². The smallest absolute Gasteiger partial charge is 0.246 e. The molecule has 2 heterocycles. The van der Waals surface area contributed by atoms with Gasteiger partial charge < -0.3 is 9.80 Å². The van der Waals surface area contributed by atoms with Crippen molar-refractivity contribution in [2.45, 2.75) is 31.7 Å². The standard InChI is InChI=1S/C19H22ClFN2O2/c1-2-18(24)23-11-8-17(23)19(25)22-9-6-13(7-10-22)12-14-15(20)4-3-5-16(14)21/h2-5,13,17H,1,6-12H2/t17-/m0/s1. The minimum atomic E-state index is -0.344. The van der Waals surface area contributed by atoms with Crippen molar-refractivity contribution in [3.8, 4) is 0 Å². The van der Waals surface area contributed by atoms with Gasteiger partial charge in [-0.25, -0.2) is 4.39 Å². The zero-order valence-corrected chi connectivity index (χ0v) is 14.8. The molecule has 0 spiro atoms. The van der Waals surface area contributed by atoms with E-state index in [0.717, 1.165) is 12.8 Å². The predicted octanol–water partition coefficient (Wildman–Crippen LogP) is 3.05. The molecule has 134 valence electrons. The van der Waals surface area contributed by atoms with Crippen LogP contribution in [-0.2, 0) is 16.0 Å². The fourth-order valence-electron chi connectivity index (χ4n) is 3.61. The van der Waals surface area contributed by atoms with Crippen LogP contribution in [0.3, 0.4) is 0 Å². The van der Waals surface area contributed by atoms with Gasteiger partial charge in [-0.15, -0.1) is 0 Å². The third-order valence-electron chi connectivity index (χ3n) is 5.24. The lowest BCUT2D eigenvalue weighted by Crippen LogP contribution is -2.59. The van der Waals surface area contributed by atoms with E-state index >= 15 is 0 Å². The molecule has 1 aromatic carbocycles. The highest BCUT2D eigenvalue weighted by molar-refractivity contribution is 6.31. The monoisotopic (exact) mass is 364 g/mol. The van der Waals surface area contributed by atoms with Gasteiger partial charge in [-0.05, 0) is 49.8 Å². The Labute approximate surface area is 152 Å². The maximum atomic E-state index is 13.9. The Hall–Kier alpha value is -1.88. The van der Waals surface area contributed by atoms with Crippen molar-refractivity contribution in [2.75, 3.05) is 19.6 Å². The molecule has 2 amide bonds.